The van der Waals surface area contributed by atoms with Crippen molar-refractivity contribution in [3.63, 3.8) is 0 Å². The topological polar surface area (TPSA) is 30.5 Å². The first-order valence-electron chi connectivity index (χ1n) is 6.32. The Hall–Kier alpha value is -0.580. The fourth-order valence-electron chi connectivity index (χ4n) is 1.52. The van der Waals surface area contributed by atoms with Crippen molar-refractivity contribution in [3.05, 3.63) is 28.2 Å². The summed E-state index contributed by atoms with van der Waals surface area (Å²) in [6.07, 6.45) is 1.22. The van der Waals surface area contributed by atoms with Gasteiger partial charge in [0.15, 0.2) is 0 Å². The van der Waals surface area contributed by atoms with E-state index in [-0.39, 0.29) is 6.10 Å². The Kier molecular flexibility index (Phi) is 7.32. The molecule has 1 aromatic rings. The second kappa shape index (κ2) is 8.51. The summed E-state index contributed by atoms with van der Waals surface area (Å²) in [4.78, 5) is 0. The van der Waals surface area contributed by atoms with Crippen LogP contribution in [-0.2, 0) is 11.3 Å². The third-order valence-electron chi connectivity index (χ3n) is 2.66. The Morgan fingerprint density at radius 2 is 2.17 bits per heavy atom. The summed E-state index contributed by atoms with van der Waals surface area (Å²) < 4.78 is 12.0. The average Bonchev–Trinajstić information content (AvgIpc) is 2.38. The van der Waals surface area contributed by atoms with Gasteiger partial charge in [-0.2, -0.15) is 0 Å². The molecule has 0 saturated heterocycles. The van der Waals surface area contributed by atoms with Gasteiger partial charge in [-0.15, -0.1) is 0 Å². The maximum Gasteiger partial charge on any atom is 0.138 e. The van der Waals surface area contributed by atoms with Crippen molar-refractivity contribution in [2.45, 2.75) is 32.9 Å². The molecular formula is C14H22BrNO2. The molecule has 1 aromatic carbocycles. The third kappa shape index (κ3) is 4.96. The van der Waals surface area contributed by atoms with Gasteiger partial charge in [0.05, 0.1) is 10.6 Å². The normalized spacial score (nSPS) is 12.4. The van der Waals surface area contributed by atoms with Gasteiger partial charge in [-0.25, -0.2) is 0 Å². The smallest absolute Gasteiger partial charge is 0.138 e. The molecule has 0 aromatic heterocycles. The first-order chi connectivity index (χ1) is 8.69. The number of methoxy groups -OCH3 is 1. The van der Waals surface area contributed by atoms with Crippen molar-refractivity contribution in [3.8, 4) is 5.75 Å². The van der Waals surface area contributed by atoms with Crippen LogP contribution in [0.4, 0.5) is 0 Å². The van der Waals surface area contributed by atoms with Crippen molar-refractivity contribution < 1.29 is 9.47 Å². The largest absolute Gasteiger partial charge is 0.489 e. The standard InChI is InChI=1S/C14H22BrNO2/c1-4-8-16-9-12-6-5-7-13(15)14(12)18-10-11(2)17-3/h5-7,11,16H,4,8-10H2,1-3H3. The van der Waals surface area contributed by atoms with Gasteiger partial charge >= 0.3 is 0 Å². The van der Waals surface area contributed by atoms with Gasteiger partial charge in [0.25, 0.3) is 0 Å². The highest BCUT2D eigenvalue weighted by molar-refractivity contribution is 9.10. The van der Waals surface area contributed by atoms with E-state index in [1.54, 1.807) is 7.11 Å². The lowest BCUT2D eigenvalue weighted by atomic mass is 10.2. The monoisotopic (exact) mass is 315 g/mol. The molecule has 1 unspecified atom stereocenters. The number of rotatable bonds is 8. The zero-order valence-corrected chi connectivity index (χ0v) is 12.9. The van der Waals surface area contributed by atoms with Crippen LogP contribution in [0, 0.1) is 0 Å². The van der Waals surface area contributed by atoms with E-state index >= 15 is 0 Å². The maximum atomic E-state index is 5.84. The van der Waals surface area contributed by atoms with Gasteiger partial charge in [-0.3, -0.25) is 0 Å². The fourth-order valence-corrected chi connectivity index (χ4v) is 2.04. The first kappa shape index (κ1) is 15.5. The zero-order chi connectivity index (χ0) is 13.4. The first-order valence-corrected chi connectivity index (χ1v) is 7.12. The lowest BCUT2D eigenvalue weighted by Crippen LogP contribution is -2.18. The Labute approximate surface area is 118 Å². The summed E-state index contributed by atoms with van der Waals surface area (Å²) in [7, 11) is 1.69. The number of ether oxygens (including phenoxy) is 2. The Bertz CT molecular complexity index is 358. The van der Waals surface area contributed by atoms with Crippen LogP contribution in [0.5, 0.6) is 5.75 Å². The summed E-state index contributed by atoms with van der Waals surface area (Å²) in [6.45, 7) is 6.54. The van der Waals surface area contributed by atoms with E-state index < -0.39 is 0 Å². The number of benzene rings is 1. The third-order valence-corrected chi connectivity index (χ3v) is 3.28. The molecule has 1 rings (SSSR count). The summed E-state index contributed by atoms with van der Waals surface area (Å²) in [5.41, 5.74) is 1.17. The number of nitrogens with one attached hydrogen (secondary N) is 1. The van der Waals surface area contributed by atoms with E-state index in [1.165, 1.54) is 5.56 Å². The van der Waals surface area contributed by atoms with Gasteiger partial charge in [-0.1, -0.05) is 19.1 Å². The lowest BCUT2D eigenvalue weighted by molar-refractivity contribution is 0.0710. The van der Waals surface area contributed by atoms with E-state index in [0.717, 1.165) is 29.7 Å². The van der Waals surface area contributed by atoms with Crippen LogP contribution in [-0.4, -0.2) is 26.4 Å². The second-order valence-corrected chi connectivity index (χ2v) is 5.12. The molecule has 0 radical (unpaired) electrons. The molecule has 0 saturated carbocycles. The minimum absolute atomic E-state index is 0.0913. The molecular weight excluding hydrogens is 294 g/mol. The molecule has 18 heavy (non-hydrogen) atoms. The maximum absolute atomic E-state index is 5.84. The van der Waals surface area contributed by atoms with E-state index in [2.05, 4.69) is 34.2 Å². The SMILES string of the molecule is CCCNCc1cccc(Br)c1OCC(C)OC. The van der Waals surface area contributed by atoms with E-state index in [0.29, 0.717) is 6.61 Å². The van der Waals surface area contributed by atoms with E-state index in [1.807, 2.05) is 19.1 Å². The number of hydrogen-bond acceptors (Lipinski definition) is 3. The van der Waals surface area contributed by atoms with Crippen molar-refractivity contribution in [1.29, 1.82) is 0 Å². The number of hydrogen-bond donors (Lipinski definition) is 1. The molecule has 0 heterocycles. The lowest BCUT2D eigenvalue weighted by Gasteiger charge is -2.16. The van der Waals surface area contributed by atoms with Gasteiger partial charge in [0, 0.05) is 19.2 Å². The molecule has 102 valence electrons. The number of halogens is 1. The summed E-state index contributed by atoms with van der Waals surface area (Å²) in [5, 5.41) is 3.39. The minimum atomic E-state index is 0.0913. The van der Waals surface area contributed by atoms with Crippen LogP contribution in [0.1, 0.15) is 25.8 Å². The summed E-state index contributed by atoms with van der Waals surface area (Å²) in [5.74, 6) is 0.907. The molecule has 0 fully saturated rings. The van der Waals surface area contributed by atoms with Gasteiger partial charge in [0.2, 0.25) is 0 Å². The Morgan fingerprint density at radius 1 is 1.39 bits per heavy atom. The van der Waals surface area contributed by atoms with Crippen LogP contribution in [0.25, 0.3) is 0 Å². The molecule has 0 amide bonds. The van der Waals surface area contributed by atoms with Crippen LogP contribution >= 0.6 is 15.9 Å². The van der Waals surface area contributed by atoms with Gasteiger partial charge < -0.3 is 14.8 Å². The Balaban J connectivity index is 2.67. The molecule has 4 heteroatoms. The van der Waals surface area contributed by atoms with Crippen molar-refractivity contribution in [2.24, 2.45) is 0 Å². The summed E-state index contributed by atoms with van der Waals surface area (Å²) >= 11 is 3.53. The predicted molar refractivity (Wildman–Crippen MR) is 78.1 cm³/mol. The van der Waals surface area contributed by atoms with Gasteiger partial charge in [-0.05, 0) is 41.9 Å². The highest BCUT2D eigenvalue weighted by Crippen LogP contribution is 2.29. The zero-order valence-electron chi connectivity index (χ0n) is 11.3. The van der Waals surface area contributed by atoms with E-state index in [4.69, 9.17) is 9.47 Å². The molecule has 0 aliphatic heterocycles. The molecule has 1 N–H and O–H groups in total. The fraction of sp³-hybridized carbons (Fsp3) is 0.571. The molecule has 3 nitrogen and oxygen atoms in total. The van der Waals surface area contributed by atoms with Crippen molar-refractivity contribution in [1.82, 2.24) is 5.32 Å². The van der Waals surface area contributed by atoms with Crippen LogP contribution in [0.3, 0.4) is 0 Å². The average molecular weight is 316 g/mol. The van der Waals surface area contributed by atoms with E-state index in [9.17, 15) is 0 Å². The van der Waals surface area contributed by atoms with Gasteiger partial charge in [0.1, 0.15) is 12.4 Å². The second-order valence-electron chi connectivity index (χ2n) is 4.26. The molecule has 0 aliphatic carbocycles. The number of para-hydroxylation sites is 1. The molecule has 0 aliphatic rings. The van der Waals surface area contributed by atoms with Crippen LogP contribution in [0.15, 0.2) is 22.7 Å². The van der Waals surface area contributed by atoms with Crippen LogP contribution < -0.4 is 10.1 Å². The highest BCUT2D eigenvalue weighted by Gasteiger charge is 2.09. The van der Waals surface area contributed by atoms with Crippen molar-refractivity contribution >= 4 is 15.9 Å². The molecule has 1 atom stereocenters. The predicted octanol–water partition coefficient (Wildman–Crippen LogP) is 3.36. The Morgan fingerprint density at radius 3 is 2.83 bits per heavy atom. The molecule has 0 bridgehead atoms. The highest BCUT2D eigenvalue weighted by atomic mass is 79.9. The minimum Gasteiger partial charge on any atom is -0.489 e. The molecule has 0 spiro atoms. The van der Waals surface area contributed by atoms with Crippen molar-refractivity contribution in [2.75, 3.05) is 20.3 Å². The quantitative estimate of drug-likeness (QED) is 0.746. The summed E-state index contributed by atoms with van der Waals surface area (Å²) in [6, 6.07) is 6.11. The van der Waals surface area contributed by atoms with Crippen LogP contribution in [0.2, 0.25) is 0 Å².